The third kappa shape index (κ3) is 4.75. The zero-order chi connectivity index (χ0) is 22.2. The van der Waals surface area contributed by atoms with E-state index < -0.39 is 12.2 Å². The third-order valence-electron chi connectivity index (χ3n) is 9.45. The molecule has 1 saturated heterocycles. The standard InChI is InChI=1S/C28H45NO2/c1-19(18-29-15-6-5-8-20(29)2)25-12-13-26-22(9-7-14-28(25,26)4)10-11-23-16-24(30)17-27(31)21(23)3/h10-11,19-20,24-27,30-31H,3,5-9,12-18H2,1-2,4H3/b22-10+,23-11-/t19?,20-,24-,25-,26+,27+,28-/m1/s1. The van der Waals surface area contributed by atoms with Crippen molar-refractivity contribution in [2.24, 2.45) is 23.2 Å². The first-order valence-corrected chi connectivity index (χ1v) is 13.0. The summed E-state index contributed by atoms with van der Waals surface area (Å²) in [6, 6.07) is 0.754. The summed E-state index contributed by atoms with van der Waals surface area (Å²) >= 11 is 0. The number of allylic oxidation sites excluding steroid dienone is 3. The molecule has 4 fully saturated rings. The van der Waals surface area contributed by atoms with Crippen LogP contribution in [0.2, 0.25) is 0 Å². The molecule has 3 nitrogen and oxygen atoms in total. The molecule has 0 aromatic rings. The molecule has 1 heterocycles. The monoisotopic (exact) mass is 427 g/mol. The van der Waals surface area contributed by atoms with Gasteiger partial charge in [-0.15, -0.1) is 0 Å². The minimum absolute atomic E-state index is 0.419. The van der Waals surface area contributed by atoms with Crippen molar-refractivity contribution in [1.82, 2.24) is 4.90 Å². The average Bonchev–Trinajstić information content (AvgIpc) is 3.09. The smallest absolute Gasteiger partial charge is 0.0811 e. The van der Waals surface area contributed by atoms with Crippen LogP contribution in [-0.2, 0) is 0 Å². The van der Waals surface area contributed by atoms with Gasteiger partial charge in [-0.2, -0.15) is 0 Å². The minimum atomic E-state index is -0.598. The number of hydrogen-bond acceptors (Lipinski definition) is 3. The Kier molecular flexibility index (Phi) is 7.15. The van der Waals surface area contributed by atoms with Crippen LogP contribution in [0.25, 0.3) is 0 Å². The molecule has 7 atom stereocenters. The fourth-order valence-electron chi connectivity index (χ4n) is 7.61. The van der Waals surface area contributed by atoms with Crippen LogP contribution in [-0.4, -0.2) is 46.5 Å². The van der Waals surface area contributed by atoms with E-state index in [1.54, 1.807) is 5.57 Å². The van der Waals surface area contributed by atoms with Gasteiger partial charge >= 0.3 is 0 Å². The van der Waals surface area contributed by atoms with Crippen molar-refractivity contribution in [2.75, 3.05) is 13.1 Å². The van der Waals surface area contributed by atoms with Gasteiger partial charge in [0.05, 0.1) is 12.2 Å². The second kappa shape index (κ2) is 9.53. The van der Waals surface area contributed by atoms with Crippen LogP contribution in [0.15, 0.2) is 35.5 Å². The van der Waals surface area contributed by atoms with E-state index in [0.717, 1.165) is 29.0 Å². The molecule has 4 rings (SSSR count). The van der Waals surface area contributed by atoms with Gasteiger partial charge < -0.3 is 15.1 Å². The Labute approximate surface area is 190 Å². The Morgan fingerprint density at radius 1 is 1.16 bits per heavy atom. The van der Waals surface area contributed by atoms with E-state index in [1.165, 1.54) is 64.5 Å². The molecule has 31 heavy (non-hydrogen) atoms. The lowest BCUT2D eigenvalue weighted by atomic mass is 9.61. The van der Waals surface area contributed by atoms with Crippen LogP contribution in [0.1, 0.15) is 85.0 Å². The van der Waals surface area contributed by atoms with E-state index in [0.29, 0.717) is 24.2 Å². The molecule has 0 radical (unpaired) electrons. The fraction of sp³-hybridized carbons (Fsp3) is 0.786. The van der Waals surface area contributed by atoms with E-state index in [1.807, 2.05) is 0 Å². The number of aliphatic hydroxyl groups excluding tert-OH is 2. The maximum Gasteiger partial charge on any atom is 0.0811 e. The molecule has 3 saturated carbocycles. The summed E-state index contributed by atoms with van der Waals surface area (Å²) in [6.45, 7) is 14.2. The first-order chi connectivity index (χ1) is 14.8. The molecule has 1 unspecified atom stereocenters. The predicted molar refractivity (Wildman–Crippen MR) is 129 cm³/mol. The lowest BCUT2D eigenvalue weighted by Gasteiger charge is -2.46. The van der Waals surface area contributed by atoms with Gasteiger partial charge in [0.1, 0.15) is 0 Å². The summed E-state index contributed by atoms with van der Waals surface area (Å²) in [4.78, 5) is 2.76. The Morgan fingerprint density at radius 2 is 1.97 bits per heavy atom. The quantitative estimate of drug-likeness (QED) is 0.610. The van der Waals surface area contributed by atoms with Crippen molar-refractivity contribution in [3.05, 3.63) is 35.5 Å². The summed E-state index contributed by atoms with van der Waals surface area (Å²) in [5, 5.41) is 20.2. The number of nitrogens with zero attached hydrogens (tertiary/aromatic N) is 1. The molecule has 4 aliphatic rings. The highest BCUT2D eigenvalue weighted by atomic mass is 16.3. The van der Waals surface area contributed by atoms with Crippen LogP contribution in [0.5, 0.6) is 0 Å². The van der Waals surface area contributed by atoms with Gasteiger partial charge in [0.2, 0.25) is 0 Å². The maximum atomic E-state index is 10.2. The van der Waals surface area contributed by atoms with Gasteiger partial charge in [0.15, 0.2) is 0 Å². The van der Waals surface area contributed by atoms with Crippen LogP contribution >= 0.6 is 0 Å². The normalized spacial score (nSPS) is 43.4. The highest BCUT2D eigenvalue weighted by Crippen LogP contribution is 2.59. The molecule has 0 amide bonds. The highest BCUT2D eigenvalue weighted by Gasteiger charge is 2.50. The van der Waals surface area contributed by atoms with E-state index in [9.17, 15) is 10.2 Å². The first kappa shape index (κ1) is 23.3. The first-order valence-electron chi connectivity index (χ1n) is 13.0. The number of likely N-dealkylation sites (tertiary alicyclic amines) is 1. The average molecular weight is 428 g/mol. The Bertz CT molecular complexity index is 725. The zero-order valence-corrected chi connectivity index (χ0v) is 20.2. The number of piperidine rings is 1. The Morgan fingerprint density at radius 3 is 2.74 bits per heavy atom. The van der Waals surface area contributed by atoms with E-state index >= 15 is 0 Å². The number of fused-ring (bicyclic) bond motifs is 1. The number of aliphatic hydroxyl groups is 2. The summed E-state index contributed by atoms with van der Waals surface area (Å²) in [5.41, 5.74) is 3.86. The molecule has 0 bridgehead atoms. The number of hydrogen-bond donors (Lipinski definition) is 2. The van der Waals surface area contributed by atoms with E-state index in [-0.39, 0.29) is 0 Å². The second-order valence-corrected chi connectivity index (χ2v) is 11.5. The highest BCUT2D eigenvalue weighted by molar-refractivity contribution is 5.38. The van der Waals surface area contributed by atoms with Crippen molar-refractivity contribution in [3.8, 4) is 0 Å². The molecule has 1 aliphatic heterocycles. The fourth-order valence-corrected chi connectivity index (χ4v) is 7.61. The summed E-state index contributed by atoms with van der Waals surface area (Å²) in [6.07, 6.45) is 15.2. The molecule has 3 aliphatic carbocycles. The molecule has 0 aromatic heterocycles. The number of rotatable bonds is 4. The van der Waals surface area contributed by atoms with Crippen molar-refractivity contribution in [3.63, 3.8) is 0 Å². The van der Waals surface area contributed by atoms with Crippen LogP contribution in [0, 0.1) is 23.2 Å². The minimum Gasteiger partial charge on any atom is -0.393 e. The van der Waals surface area contributed by atoms with Gasteiger partial charge in [-0.1, -0.05) is 44.6 Å². The summed E-state index contributed by atoms with van der Waals surface area (Å²) in [5.74, 6) is 2.27. The van der Waals surface area contributed by atoms with Crippen LogP contribution in [0.3, 0.4) is 0 Å². The van der Waals surface area contributed by atoms with Gasteiger partial charge in [-0.25, -0.2) is 0 Å². The summed E-state index contributed by atoms with van der Waals surface area (Å²) < 4.78 is 0. The molecule has 174 valence electrons. The Balaban J connectivity index is 1.48. The van der Waals surface area contributed by atoms with Gasteiger partial charge in [-0.3, -0.25) is 0 Å². The molecule has 0 spiro atoms. The van der Waals surface area contributed by atoms with Crippen LogP contribution < -0.4 is 0 Å². The van der Waals surface area contributed by atoms with Gasteiger partial charge in [0, 0.05) is 19.0 Å². The lowest BCUT2D eigenvalue weighted by Crippen LogP contribution is -2.44. The van der Waals surface area contributed by atoms with Crippen molar-refractivity contribution >= 4 is 0 Å². The second-order valence-electron chi connectivity index (χ2n) is 11.5. The van der Waals surface area contributed by atoms with Crippen LogP contribution in [0.4, 0.5) is 0 Å². The van der Waals surface area contributed by atoms with E-state index in [2.05, 4.69) is 44.4 Å². The summed E-state index contributed by atoms with van der Waals surface area (Å²) in [7, 11) is 0. The topological polar surface area (TPSA) is 43.7 Å². The van der Waals surface area contributed by atoms with Crippen molar-refractivity contribution < 1.29 is 10.2 Å². The third-order valence-corrected chi connectivity index (χ3v) is 9.45. The molecule has 2 N–H and O–H groups in total. The molecular weight excluding hydrogens is 382 g/mol. The SMILES string of the molecule is C=C1/C(=C\C=C2/CCC[C@]3(C)[C@@H](C(C)CN4CCCC[C@H]4C)CC[C@@H]23)C[C@@H](O)C[C@@H]1O. The largest absolute Gasteiger partial charge is 0.393 e. The van der Waals surface area contributed by atoms with Crippen molar-refractivity contribution in [1.29, 1.82) is 0 Å². The zero-order valence-electron chi connectivity index (χ0n) is 20.2. The molecular formula is C28H45NO2. The van der Waals surface area contributed by atoms with E-state index in [4.69, 9.17) is 0 Å². The van der Waals surface area contributed by atoms with Gasteiger partial charge in [0.25, 0.3) is 0 Å². The maximum absolute atomic E-state index is 10.2. The Hall–Kier alpha value is -0.900. The lowest BCUT2D eigenvalue weighted by molar-refractivity contribution is 0.0598. The predicted octanol–water partition coefficient (Wildman–Crippen LogP) is 5.64. The van der Waals surface area contributed by atoms with Crippen molar-refractivity contribution in [2.45, 2.75) is 103 Å². The molecule has 0 aromatic carbocycles. The van der Waals surface area contributed by atoms with Gasteiger partial charge in [-0.05, 0) is 99.1 Å². The molecule has 3 heteroatoms.